The van der Waals surface area contributed by atoms with Crippen LogP contribution in [0.3, 0.4) is 0 Å². The Morgan fingerprint density at radius 3 is 2.88 bits per heavy atom. The Morgan fingerprint density at radius 2 is 2.25 bits per heavy atom. The van der Waals surface area contributed by atoms with E-state index in [0.717, 1.165) is 26.2 Å². The summed E-state index contributed by atoms with van der Waals surface area (Å²) in [6.07, 6.45) is 1.38. The van der Waals surface area contributed by atoms with E-state index < -0.39 is 0 Å². The van der Waals surface area contributed by atoms with Gasteiger partial charge in [-0.2, -0.15) is 0 Å². The van der Waals surface area contributed by atoms with Gasteiger partial charge in [0.25, 0.3) is 0 Å². The highest BCUT2D eigenvalue weighted by molar-refractivity contribution is 5.91. The molecule has 2 rings (SSSR count). The van der Waals surface area contributed by atoms with Crippen LogP contribution in [0.1, 0.15) is 0 Å². The normalized spacial score (nSPS) is 18.6. The van der Waals surface area contributed by atoms with E-state index in [1.165, 1.54) is 6.20 Å². The lowest BCUT2D eigenvalue weighted by Gasteiger charge is -2.31. The van der Waals surface area contributed by atoms with Crippen molar-refractivity contribution in [2.45, 2.75) is 0 Å². The van der Waals surface area contributed by atoms with Crippen LogP contribution in [0.4, 0.5) is 5.82 Å². The maximum absolute atomic E-state index is 11.6. The summed E-state index contributed by atoms with van der Waals surface area (Å²) in [6, 6.07) is 0. The quantitative estimate of drug-likeness (QED) is 0.730. The molecule has 88 valence electrons. The lowest BCUT2D eigenvalue weighted by Crippen LogP contribution is -2.47. The van der Waals surface area contributed by atoms with Crippen LogP contribution in [0.25, 0.3) is 0 Å². The van der Waals surface area contributed by atoms with Gasteiger partial charge >= 0.3 is 0 Å². The van der Waals surface area contributed by atoms with E-state index in [-0.39, 0.29) is 5.91 Å². The Kier molecular flexibility index (Phi) is 3.47. The number of rotatable bonds is 3. The highest BCUT2D eigenvalue weighted by Crippen LogP contribution is 2.01. The molecule has 1 aliphatic heterocycles. The first-order chi connectivity index (χ1) is 7.74. The molecule has 0 unspecified atom stereocenters. The van der Waals surface area contributed by atoms with Gasteiger partial charge in [-0.3, -0.25) is 9.69 Å². The van der Waals surface area contributed by atoms with Crippen molar-refractivity contribution in [2.24, 2.45) is 0 Å². The molecule has 0 atom stereocenters. The predicted molar refractivity (Wildman–Crippen MR) is 56.9 cm³/mol. The van der Waals surface area contributed by atoms with Gasteiger partial charge in [-0.05, 0) is 12.2 Å². The second-order valence-corrected chi connectivity index (χ2v) is 3.92. The average Bonchev–Trinajstić information content (AvgIpc) is 2.74. The molecular weight excluding hydrogens is 210 g/mol. The van der Waals surface area contributed by atoms with Crippen molar-refractivity contribution in [3.05, 3.63) is 6.20 Å². The number of hydrogen-bond donors (Lipinski definition) is 1. The van der Waals surface area contributed by atoms with E-state index in [2.05, 4.69) is 37.1 Å². The van der Waals surface area contributed by atoms with Crippen molar-refractivity contribution < 1.29 is 9.42 Å². The second-order valence-electron chi connectivity index (χ2n) is 3.92. The molecule has 0 saturated carbocycles. The molecule has 7 heteroatoms. The lowest BCUT2D eigenvalue weighted by atomic mass is 10.3. The Balaban J connectivity index is 1.75. The summed E-state index contributed by atoms with van der Waals surface area (Å²) >= 11 is 0. The fourth-order valence-corrected chi connectivity index (χ4v) is 1.61. The average molecular weight is 225 g/mol. The van der Waals surface area contributed by atoms with Crippen molar-refractivity contribution in [3.63, 3.8) is 0 Å². The highest BCUT2D eigenvalue weighted by Gasteiger charge is 2.16. The summed E-state index contributed by atoms with van der Waals surface area (Å²) < 4.78 is 4.38. The molecule has 0 spiro atoms. The molecule has 16 heavy (non-hydrogen) atoms. The van der Waals surface area contributed by atoms with Crippen molar-refractivity contribution in [1.82, 2.24) is 20.1 Å². The Morgan fingerprint density at radius 1 is 1.50 bits per heavy atom. The Labute approximate surface area is 93.3 Å². The van der Waals surface area contributed by atoms with Crippen LogP contribution in [0.2, 0.25) is 0 Å². The first-order valence-electron chi connectivity index (χ1n) is 5.22. The van der Waals surface area contributed by atoms with Gasteiger partial charge in [0.05, 0.1) is 6.54 Å². The van der Waals surface area contributed by atoms with Gasteiger partial charge in [0.1, 0.15) is 6.20 Å². The van der Waals surface area contributed by atoms with E-state index in [0.29, 0.717) is 12.4 Å². The molecule has 1 amide bonds. The zero-order valence-corrected chi connectivity index (χ0v) is 9.22. The second kappa shape index (κ2) is 5.04. The smallest absolute Gasteiger partial charge is 0.239 e. The zero-order valence-electron chi connectivity index (χ0n) is 9.22. The van der Waals surface area contributed by atoms with Gasteiger partial charge in [0.2, 0.25) is 5.91 Å². The third-order valence-electron chi connectivity index (χ3n) is 2.59. The third kappa shape index (κ3) is 3.01. The fraction of sp³-hybridized carbons (Fsp3) is 0.667. The van der Waals surface area contributed by atoms with E-state index in [9.17, 15) is 4.79 Å². The molecule has 2 heterocycles. The number of carbonyl (C=O) groups is 1. The molecule has 1 fully saturated rings. The largest absolute Gasteiger partial charge is 0.305 e. The minimum atomic E-state index is -0.0831. The number of hydrogen-bond acceptors (Lipinski definition) is 6. The van der Waals surface area contributed by atoms with Crippen molar-refractivity contribution in [3.8, 4) is 0 Å². The van der Waals surface area contributed by atoms with Crippen LogP contribution in [-0.2, 0) is 4.79 Å². The van der Waals surface area contributed by atoms with Crippen molar-refractivity contribution in [2.75, 3.05) is 45.1 Å². The van der Waals surface area contributed by atoms with Crippen LogP contribution in [-0.4, -0.2) is 65.8 Å². The molecule has 1 saturated heterocycles. The van der Waals surface area contributed by atoms with E-state index >= 15 is 0 Å². The van der Waals surface area contributed by atoms with Gasteiger partial charge in [-0.25, -0.2) is 4.63 Å². The summed E-state index contributed by atoms with van der Waals surface area (Å²) in [6.45, 7) is 4.22. The Hall–Kier alpha value is -1.47. The van der Waals surface area contributed by atoms with Crippen LogP contribution < -0.4 is 5.32 Å². The highest BCUT2D eigenvalue weighted by atomic mass is 16.6. The minimum Gasteiger partial charge on any atom is -0.305 e. The lowest BCUT2D eigenvalue weighted by molar-refractivity contribution is -0.117. The van der Waals surface area contributed by atoms with Crippen LogP contribution >= 0.6 is 0 Å². The standard InChI is InChI=1S/C9H15N5O2/c1-13-2-4-14(5-3-13)7-9(15)11-8-6-10-16-12-8/h6H,2-5,7H2,1H3,(H,11,12,15). The van der Waals surface area contributed by atoms with Crippen LogP contribution in [0, 0.1) is 0 Å². The number of carbonyl (C=O) groups excluding carboxylic acids is 1. The van der Waals surface area contributed by atoms with Gasteiger partial charge in [0.15, 0.2) is 5.82 Å². The fourth-order valence-electron chi connectivity index (χ4n) is 1.61. The summed E-state index contributed by atoms with van der Waals surface area (Å²) in [5, 5.41) is 9.55. The number of nitrogens with one attached hydrogen (secondary N) is 1. The maximum Gasteiger partial charge on any atom is 0.239 e. The van der Waals surface area contributed by atoms with Crippen LogP contribution in [0.15, 0.2) is 10.8 Å². The van der Waals surface area contributed by atoms with Gasteiger partial charge in [-0.1, -0.05) is 5.16 Å². The molecule has 1 N–H and O–H groups in total. The van der Waals surface area contributed by atoms with Crippen molar-refractivity contribution in [1.29, 1.82) is 0 Å². The maximum atomic E-state index is 11.6. The molecule has 0 bridgehead atoms. The molecule has 1 aliphatic rings. The monoisotopic (exact) mass is 225 g/mol. The van der Waals surface area contributed by atoms with E-state index in [1.54, 1.807) is 0 Å². The van der Waals surface area contributed by atoms with Crippen molar-refractivity contribution >= 4 is 11.7 Å². The number of nitrogens with zero attached hydrogens (tertiary/aromatic N) is 4. The summed E-state index contributed by atoms with van der Waals surface area (Å²) in [4.78, 5) is 15.9. The molecule has 1 aromatic rings. The summed E-state index contributed by atoms with van der Waals surface area (Å²) in [5.41, 5.74) is 0. The Bertz CT molecular complexity index is 332. The molecule has 7 nitrogen and oxygen atoms in total. The molecule has 1 aromatic heterocycles. The number of aromatic nitrogens is 2. The molecule has 0 aromatic carbocycles. The topological polar surface area (TPSA) is 74.5 Å². The summed E-state index contributed by atoms with van der Waals surface area (Å²) in [7, 11) is 2.08. The van der Waals surface area contributed by atoms with Crippen LogP contribution in [0.5, 0.6) is 0 Å². The van der Waals surface area contributed by atoms with E-state index in [1.807, 2.05) is 0 Å². The van der Waals surface area contributed by atoms with Gasteiger partial charge < -0.3 is 10.2 Å². The first-order valence-corrected chi connectivity index (χ1v) is 5.22. The van der Waals surface area contributed by atoms with E-state index in [4.69, 9.17) is 0 Å². The number of anilines is 1. The number of amides is 1. The number of piperazine rings is 1. The molecule has 0 aliphatic carbocycles. The summed E-state index contributed by atoms with van der Waals surface area (Å²) in [5.74, 6) is 0.277. The number of likely N-dealkylation sites (N-methyl/N-ethyl adjacent to an activating group) is 1. The molecule has 0 radical (unpaired) electrons. The minimum absolute atomic E-state index is 0.0831. The SMILES string of the molecule is CN1CCN(CC(=O)Nc2cnon2)CC1. The predicted octanol–water partition coefficient (Wildman–Crippen LogP) is -0.744. The zero-order chi connectivity index (χ0) is 11.4. The van der Waals surface area contributed by atoms with Gasteiger partial charge in [-0.15, -0.1) is 0 Å². The third-order valence-corrected chi connectivity index (χ3v) is 2.59. The molecular formula is C9H15N5O2. The first kappa shape index (κ1) is 11.0. The van der Waals surface area contributed by atoms with Gasteiger partial charge in [0, 0.05) is 26.2 Å².